The Balaban J connectivity index is 1.99. The molecule has 2 rings (SSSR count). The first-order valence-corrected chi connectivity index (χ1v) is 6.22. The average Bonchev–Trinajstić information content (AvgIpc) is 2.33. The maximum atomic E-state index is 5.79. The molecule has 1 aromatic rings. The maximum absolute atomic E-state index is 5.79. The standard InChI is InChI=1S/C12H18ClN3/c13-12-5-4-10(8-15-12)9-16-6-2-1-3-11(16)7-14/h4-5,8,11H,1-3,6-7,9,14H2. The minimum absolute atomic E-state index is 0.532. The summed E-state index contributed by atoms with van der Waals surface area (Å²) >= 11 is 5.77. The zero-order chi connectivity index (χ0) is 11.4. The summed E-state index contributed by atoms with van der Waals surface area (Å²) in [6.45, 7) is 2.83. The van der Waals surface area contributed by atoms with Crippen molar-refractivity contribution in [2.45, 2.75) is 31.8 Å². The lowest BCUT2D eigenvalue weighted by Gasteiger charge is -2.34. The van der Waals surface area contributed by atoms with E-state index in [-0.39, 0.29) is 0 Å². The molecule has 0 aromatic carbocycles. The Morgan fingerprint density at radius 1 is 1.44 bits per heavy atom. The summed E-state index contributed by atoms with van der Waals surface area (Å²) in [6, 6.07) is 4.42. The van der Waals surface area contributed by atoms with Crippen LogP contribution in [0.5, 0.6) is 0 Å². The van der Waals surface area contributed by atoms with Crippen LogP contribution in [0, 0.1) is 0 Å². The summed E-state index contributed by atoms with van der Waals surface area (Å²) in [7, 11) is 0. The van der Waals surface area contributed by atoms with Crippen LogP contribution in [0.15, 0.2) is 18.3 Å². The highest BCUT2D eigenvalue weighted by Crippen LogP contribution is 2.19. The first kappa shape index (κ1) is 11.8. The quantitative estimate of drug-likeness (QED) is 0.821. The van der Waals surface area contributed by atoms with Gasteiger partial charge in [0, 0.05) is 25.3 Å². The van der Waals surface area contributed by atoms with Gasteiger partial charge in [-0.05, 0) is 31.0 Å². The van der Waals surface area contributed by atoms with Crippen LogP contribution < -0.4 is 5.73 Å². The van der Waals surface area contributed by atoms with Crippen molar-refractivity contribution in [1.29, 1.82) is 0 Å². The van der Waals surface area contributed by atoms with Gasteiger partial charge < -0.3 is 5.73 Å². The fourth-order valence-electron chi connectivity index (χ4n) is 2.27. The van der Waals surface area contributed by atoms with E-state index in [4.69, 9.17) is 17.3 Å². The Hall–Kier alpha value is -0.640. The minimum Gasteiger partial charge on any atom is -0.329 e. The normalized spacial score (nSPS) is 22.2. The van der Waals surface area contributed by atoms with Crippen molar-refractivity contribution in [3.63, 3.8) is 0 Å². The third kappa shape index (κ3) is 2.94. The van der Waals surface area contributed by atoms with Crippen molar-refractivity contribution in [2.24, 2.45) is 5.73 Å². The molecular formula is C12H18ClN3. The molecule has 16 heavy (non-hydrogen) atoms. The first-order valence-electron chi connectivity index (χ1n) is 5.84. The third-order valence-electron chi connectivity index (χ3n) is 3.20. The molecule has 0 radical (unpaired) electrons. The number of likely N-dealkylation sites (tertiary alicyclic amines) is 1. The van der Waals surface area contributed by atoms with E-state index >= 15 is 0 Å². The predicted octanol–water partition coefficient (Wildman–Crippen LogP) is 2.05. The molecule has 0 spiro atoms. The summed E-state index contributed by atoms with van der Waals surface area (Å²) in [5.41, 5.74) is 7.01. The highest BCUT2D eigenvalue weighted by Gasteiger charge is 2.20. The van der Waals surface area contributed by atoms with Gasteiger partial charge in [0.2, 0.25) is 0 Å². The third-order valence-corrected chi connectivity index (χ3v) is 3.42. The van der Waals surface area contributed by atoms with Gasteiger partial charge in [0.25, 0.3) is 0 Å². The van der Waals surface area contributed by atoms with Gasteiger partial charge in [-0.25, -0.2) is 4.98 Å². The largest absolute Gasteiger partial charge is 0.329 e. The molecular weight excluding hydrogens is 222 g/mol. The second-order valence-electron chi connectivity index (χ2n) is 4.34. The molecule has 4 heteroatoms. The SMILES string of the molecule is NCC1CCCCN1Cc1ccc(Cl)nc1. The molecule has 0 aliphatic carbocycles. The van der Waals surface area contributed by atoms with Gasteiger partial charge in [0.1, 0.15) is 5.15 Å². The number of halogens is 1. The van der Waals surface area contributed by atoms with Gasteiger partial charge in [-0.3, -0.25) is 4.90 Å². The van der Waals surface area contributed by atoms with E-state index in [0.29, 0.717) is 11.2 Å². The molecule has 2 heterocycles. The number of hydrogen-bond acceptors (Lipinski definition) is 3. The zero-order valence-corrected chi connectivity index (χ0v) is 10.2. The molecule has 3 nitrogen and oxygen atoms in total. The Labute approximate surface area is 102 Å². The van der Waals surface area contributed by atoms with Crippen molar-refractivity contribution in [3.05, 3.63) is 29.0 Å². The van der Waals surface area contributed by atoms with Gasteiger partial charge in [-0.2, -0.15) is 0 Å². The Morgan fingerprint density at radius 3 is 3.00 bits per heavy atom. The van der Waals surface area contributed by atoms with E-state index in [1.54, 1.807) is 0 Å². The van der Waals surface area contributed by atoms with Crippen LogP contribution in [0.1, 0.15) is 24.8 Å². The number of nitrogens with two attached hydrogens (primary N) is 1. The number of aromatic nitrogens is 1. The Bertz CT molecular complexity index is 326. The van der Waals surface area contributed by atoms with E-state index in [1.807, 2.05) is 18.3 Å². The van der Waals surface area contributed by atoms with Crippen LogP contribution in [0.25, 0.3) is 0 Å². The van der Waals surface area contributed by atoms with Gasteiger partial charge in [-0.15, -0.1) is 0 Å². The Kier molecular flexibility index (Phi) is 4.16. The maximum Gasteiger partial charge on any atom is 0.129 e. The molecule has 2 N–H and O–H groups in total. The molecule has 1 aliphatic rings. The molecule has 0 bridgehead atoms. The number of hydrogen-bond donors (Lipinski definition) is 1. The fourth-order valence-corrected chi connectivity index (χ4v) is 2.38. The highest BCUT2D eigenvalue weighted by atomic mass is 35.5. The van der Waals surface area contributed by atoms with Crippen molar-refractivity contribution >= 4 is 11.6 Å². The molecule has 1 unspecified atom stereocenters. The van der Waals surface area contributed by atoms with E-state index in [9.17, 15) is 0 Å². The monoisotopic (exact) mass is 239 g/mol. The molecule has 1 saturated heterocycles. The van der Waals surface area contributed by atoms with E-state index < -0.39 is 0 Å². The van der Waals surface area contributed by atoms with Crippen LogP contribution in [-0.4, -0.2) is 29.0 Å². The van der Waals surface area contributed by atoms with Gasteiger partial charge >= 0.3 is 0 Å². The van der Waals surface area contributed by atoms with Crippen LogP contribution in [0.3, 0.4) is 0 Å². The average molecular weight is 240 g/mol. The van der Waals surface area contributed by atoms with Gasteiger partial charge in [0.05, 0.1) is 0 Å². The van der Waals surface area contributed by atoms with Crippen molar-refractivity contribution < 1.29 is 0 Å². The van der Waals surface area contributed by atoms with Crippen LogP contribution in [0.2, 0.25) is 5.15 Å². The van der Waals surface area contributed by atoms with Crippen LogP contribution >= 0.6 is 11.6 Å². The lowest BCUT2D eigenvalue weighted by atomic mass is 10.0. The number of piperidine rings is 1. The lowest BCUT2D eigenvalue weighted by molar-refractivity contribution is 0.145. The molecule has 88 valence electrons. The first-order chi connectivity index (χ1) is 7.79. The second kappa shape index (κ2) is 5.62. The molecule has 0 saturated carbocycles. The Morgan fingerprint density at radius 2 is 2.31 bits per heavy atom. The number of pyridine rings is 1. The summed E-state index contributed by atoms with van der Waals surface area (Å²) in [6.07, 6.45) is 5.65. The number of rotatable bonds is 3. The molecule has 1 atom stereocenters. The predicted molar refractivity (Wildman–Crippen MR) is 66.4 cm³/mol. The van der Waals surface area contributed by atoms with Gasteiger partial charge in [0.15, 0.2) is 0 Å². The fraction of sp³-hybridized carbons (Fsp3) is 0.583. The van der Waals surface area contributed by atoms with Crippen LogP contribution in [0.4, 0.5) is 0 Å². The van der Waals surface area contributed by atoms with E-state index in [0.717, 1.165) is 19.6 Å². The number of nitrogens with zero attached hydrogens (tertiary/aromatic N) is 2. The second-order valence-corrected chi connectivity index (χ2v) is 4.73. The van der Waals surface area contributed by atoms with Crippen molar-refractivity contribution in [2.75, 3.05) is 13.1 Å². The zero-order valence-electron chi connectivity index (χ0n) is 9.40. The van der Waals surface area contributed by atoms with Crippen molar-refractivity contribution in [3.8, 4) is 0 Å². The van der Waals surface area contributed by atoms with Crippen molar-refractivity contribution in [1.82, 2.24) is 9.88 Å². The topological polar surface area (TPSA) is 42.1 Å². The summed E-state index contributed by atoms with van der Waals surface area (Å²) in [4.78, 5) is 6.56. The molecule has 1 aliphatic heterocycles. The molecule has 1 aromatic heterocycles. The minimum atomic E-state index is 0.532. The van der Waals surface area contributed by atoms with Gasteiger partial charge in [-0.1, -0.05) is 24.1 Å². The van der Waals surface area contributed by atoms with Crippen LogP contribution in [-0.2, 0) is 6.54 Å². The summed E-state index contributed by atoms with van der Waals surface area (Å²) < 4.78 is 0. The highest BCUT2D eigenvalue weighted by molar-refractivity contribution is 6.29. The molecule has 0 amide bonds. The van der Waals surface area contributed by atoms with E-state index in [1.165, 1.54) is 24.8 Å². The summed E-state index contributed by atoms with van der Waals surface area (Å²) in [5.74, 6) is 0. The summed E-state index contributed by atoms with van der Waals surface area (Å²) in [5, 5.41) is 0.553. The lowest BCUT2D eigenvalue weighted by Crippen LogP contribution is -2.43. The van der Waals surface area contributed by atoms with E-state index in [2.05, 4.69) is 9.88 Å². The smallest absolute Gasteiger partial charge is 0.129 e. The molecule has 1 fully saturated rings.